The molecule has 0 saturated heterocycles. The highest BCUT2D eigenvalue weighted by Crippen LogP contribution is 2.16. The number of carbonyl (C=O) groups excluding carboxylic acids is 2. The molecule has 2 nitrogen and oxygen atoms in total. The molecule has 0 spiro atoms. The minimum Gasteiger partial charge on any atom is -0.299 e. The minimum absolute atomic E-state index is 0.0219. The summed E-state index contributed by atoms with van der Waals surface area (Å²) < 4.78 is 0. The second-order valence-electron chi connectivity index (χ2n) is 4.46. The van der Waals surface area contributed by atoms with Gasteiger partial charge >= 0.3 is 0 Å². The maximum atomic E-state index is 12.0. The molecular formula is C14H18O2. The standard InChI is InChI=1S/C14H18O2/c1-10(2)14(11(3)15)13(16)9-12-7-5-4-6-8-12/h4-8,10,14H,9H2,1-3H3. The number of hydrogen-bond donors (Lipinski definition) is 0. The van der Waals surface area contributed by atoms with E-state index in [9.17, 15) is 9.59 Å². The first kappa shape index (κ1) is 12.6. The van der Waals surface area contributed by atoms with Gasteiger partial charge in [0.1, 0.15) is 11.6 Å². The molecule has 0 N–H and O–H groups in total. The van der Waals surface area contributed by atoms with Gasteiger partial charge in [0, 0.05) is 6.42 Å². The van der Waals surface area contributed by atoms with E-state index in [2.05, 4.69) is 0 Å². The van der Waals surface area contributed by atoms with Crippen LogP contribution in [0.2, 0.25) is 0 Å². The second kappa shape index (κ2) is 5.59. The molecule has 86 valence electrons. The summed E-state index contributed by atoms with van der Waals surface area (Å²) in [6.07, 6.45) is 0.350. The normalized spacial score (nSPS) is 12.5. The van der Waals surface area contributed by atoms with Crippen molar-refractivity contribution in [3.05, 3.63) is 35.9 Å². The Morgan fingerprint density at radius 2 is 1.69 bits per heavy atom. The average molecular weight is 218 g/mol. The lowest BCUT2D eigenvalue weighted by atomic mass is 9.85. The van der Waals surface area contributed by atoms with Crippen molar-refractivity contribution in [1.29, 1.82) is 0 Å². The van der Waals surface area contributed by atoms with Gasteiger partial charge in [-0.1, -0.05) is 44.2 Å². The predicted octanol–water partition coefficient (Wildman–Crippen LogP) is 2.66. The molecule has 0 amide bonds. The van der Waals surface area contributed by atoms with Crippen LogP contribution >= 0.6 is 0 Å². The topological polar surface area (TPSA) is 34.1 Å². The Hall–Kier alpha value is -1.44. The fraction of sp³-hybridized carbons (Fsp3) is 0.429. The molecule has 1 rings (SSSR count). The molecular weight excluding hydrogens is 200 g/mol. The molecule has 2 heteroatoms. The summed E-state index contributed by atoms with van der Waals surface area (Å²) in [6.45, 7) is 5.32. The van der Waals surface area contributed by atoms with E-state index < -0.39 is 5.92 Å². The molecule has 0 aliphatic rings. The van der Waals surface area contributed by atoms with Crippen molar-refractivity contribution in [3.63, 3.8) is 0 Å². The summed E-state index contributed by atoms with van der Waals surface area (Å²) in [4.78, 5) is 23.4. The number of rotatable bonds is 5. The van der Waals surface area contributed by atoms with Crippen LogP contribution < -0.4 is 0 Å². The first-order chi connectivity index (χ1) is 7.52. The second-order valence-corrected chi connectivity index (χ2v) is 4.46. The molecule has 0 aromatic heterocycles. The zero-order chi connectivity index (χ0) is 12.1. The molecule has 0 fully saturated rings. The Labute approximate surface area is 96.7 Å². The SMILES string of the molecule is CC(=O)C(C(=O)Cc1ccccc1)C(C)C. The number of hydrogen-bond acceptors (Lipinski definition) is 2. The van der Waals surface area contributed by atoms with Gasteiger partial charge in [-0.05, 0) is 18.4 Å². The van der Waals surface area contributed by atoms with Crippen LogP contribution in [0.25, 0.3) is 0 Å². The summed E-state index contributed by atoms with van der Waals surface area (Å²) >= 11 is 0. The van der Waals surface area contributed by atoms with Gasteiger partial charge < -0.3 is 0 Å². The quantitative estimate of drug-likeness (QED) is 0.712. The summed E-state index contributed by atoms with van der Waals surface area (Å²) in [5.41, 5.74) is 0.972. The fourth-order valence-corrected chi connectivity index (χ4v) is 1.97. The van der Waals surface area contributed by atoms with E-state index in [1.807, 2.05) is 44.2 Å². The lowest BCUT2D eigenvalue weighted by Crippen LogP contribution is -2.28. The lowest BCUT2D eigenvalue weighted by molar-refractivity contribution is -0.132. The Bertz CT molecular complexity index is 366. The maximum absolute atomic E-state index is 12.0. The van der Waals surface area contributed by atoms with Gasteiger partial charge in [0.15, 0.2) is 0 Å². The van der Waals surface area contributed by atoms with Crippen LogP contribution in [0.1, 0.15) is 26.3 Å². The van der Waals surface area contributed by atoms with Crippen LogP contribution in [-0.2, 0) is 16.0 Å². The molecule has 0 saturated carbocycles. The maximum Gasteiger partial charge on any atom is 0.147 e. The smallest absolute Gasteiger partial charge is 0.147 e. The Kier molecular flexibility index (Phi) is 4.41. The monoisotopic (exact) mass is 218 g/mol. The highest BCUT2D eigenvalue weighted by Gasteiger charge is 2.26. The van der Waals surface area contributed by atoms with Crippen molar-refractivity contribution >= 4 is 11.6 Å². The van der Waals surface area contributed by atoms with Crippen molar-refractivity contribution < 1.29 is 9.59 Å². The third kappa shape index (κ3) is 3.30. The Morgan fingerprint density at radius 3 is 2.12 bits per heavy atom. The third-order valence-corrected chi connectivity index (χ3v) is 2.67. The van der Waals surface area contributed by atoms with Gasteiger partial charge in [-0.3, -0.25) is 9.59 Å². The van der Waals surface area contributed by atoms with Crippen LogP contribution in [-0.4, -0.2) is 11.6 Å². The molecule has 1 atom stereocenters. The summed E-state index contributed by atoms with van der Waals surface area (Å²) in [5.74, 6) is -0.390. The number of ketones is 2. The molecule has 0 heterocycles. The predicted molar refractivity (Wildman–Crippen MR) is 64.2 cm³/mol. The minimum atomic E-state index is -0.458. The molecule has 0 radical (unpaired) electrons. The fourth-order valence-electron chi connectivity index (χ4n) is 1.97. The third-order valence-electron chi connectivity index (χ3n) is 2.67. The van der Waals surface area contributed by atoms with E-state index in [-0.39, 0.29) is 17.5 Å². The van der Waals surface area contributed by atoms with Crippen molar-refractivity contribution in [2.75, 3.05) is 0 Å². The summed E-state index contributed by atoms with van der Waals surface area (Å²) in [7, 11) is 0. The van der Waals surface area contributed by atoms with Crippen molar-refractivity contribution in [1.82, 2.24) is 0 Å². The zero-order valence-corrected chi connectivity index (χ0v) is 10.1. The molecule has 1 aromatic carbocycles. The van der Waals surface area contributed by atoms with E-state index in [4.69, 9.17) is 0 Å². The Balaban J connectivity index is 2.74. The van der Waals surface area contributed by atoms with Gasteiger partial charge in [0.2, 0.25) is 0 Å². The van der Waals surface area contributed by atoms with Gasteiger partial charge in [0.25, 0.3) is 0 Å². The molecule has 1 unspecified atom stereocenters. The van der Waals surface area contributed by atoms with E-state index in [0.29, 0.717) is 6.42 Å². The largest absolute Gasteiger partial charge is 0.299 e. The van der Waals surface area contributed by atoms with Crippen molar-refractivity contribution in [3.8, 4) is 0 Å². The summed E-state index contributed by atoms with van der Waals surface area (Å²) in [5, 5.41) is 0. The van der Waals surface area contributed by atoms with Crippen LogP contribution in [0.5, 0.6) is 0 Å². The van der Waals surface area contributed by atoms with Crippen LogP contribution in [0, 0.1) is 11.8 Å². The number of benzene rings is 1. The molecule has 0 aliphatic carbocycles. The van der Waals surface area contributed by atoms with Gasteiger partial charge in [-0.25, -0.2) is 0 Å². The average Bonchev–Trinajstić information content (AvgIpc) is 2.17. The molecule has 16 heavy (non-hydrogen) atoms. The lowest BCUT2D eigenvalue weighted by Gasteiger charge is -2.16. The van der Waals surface area contributed by atoms with Gasteiger partial charge in [0.05, 0.1) is 5.92 Å². The molecule has 0 bridgehead atoms. The highest BCUT2D eigenvalue weighted by molar-refractivity contribution is 6.02. The van der Waals surface area contributed by atoms with Crippen molar-refractivity contribution in [2.45, 2.75) is 27.2 Å². The van der Waals surface area contributed by atoms with Gasteiger partial charge in [-0.15, -0.1) is 0 Å². The number of carbonyl (C=O) groups is 2. The first-order valence-corrected chi connectivity index (χ1v) is 5.59. The van der Waals surface area contributed by atoms with Gasteiger partial charge in [-0.2, -0.15) is 0 Å². The zero-order valence-electron chi connectivity index (χ0n) is 10.1. The Morgan fingerprint density at radius 1 is 1.12 bits per heavy atom. The van der Waals surface area contributed by atoms with Crippen LogP contribution in [0.15, 0.2) is 30.3 Å². The molecule has 0 aliphatic heterocycles. The highest BCUT2D eigenvalue weighted by atomic mass is 16.1. The molecule has 1 aromatic rings. The van der Waals surface area contributed by atoms with E-state index in [0.717, 1.165) is 5.56 Å². The first-order valence-electron chi connectivity index (χ1n) is 5.59. The van der Waals surface area contributed by atoms with Crippen LogP contribution in [0.3, 0.4) is 0 Å². The van der Waals surface area contributed by atoms with Crippen molar-refractivity contribution in [2.24, 2.45) is 11.8 Å². The van der Waals surface area contributed by atoms with E-state index in [1.165, 1.54) is 6.92 Å². The number of Topliss-reactive ketones (excluding diaryl/α,β-unsaturated/α-hetero) is 2. The van der Waals surface area contributed by atoms with E-state index >= 15 is 0 Å². The van der Waals surface area contributed by atoms with E-state index in [1.54, 1.807) is 0 Å². The van der Waals surface area contributed by atoms with Crippen LogP contribution in [0.4, 0.5) is 0 Å². The summed E-state index contributed by atoms with van der Waals surface area (Å²) in [6, 6.07) is 9.55.